The average molecular weight is 521 g/mol. The van der Waals surface area contributed by atoms with E-state index < -0.39 is 11.7 Å². The fraction of sp³-hybridized carbons (Fsp3) is 0.480. The third-order valence-corrected chi connectivity index (χ3v) is 6.29. The number of hydrogen-bond acceptors (Lipinski definition) is 6. The summed E-state index contributed by atoms with van der Waals surface area (Å²) in [4.78, 5) is 30.3. The number of allylic oxidation sites excluding steroid dienone is 1. The van der Waals surface area contributed by atoms with Gasteiger partial charge >= 0.3 is 12.2 Å². The third kappa shape index (κ3) is 7.03. The standard InChI is InChI=1S/C25H31F3N6O3/c1-18(2)29-22-5-8-34(30-22)24(36)33-11-9-31(10-12-33)16-19-13-20(25(26,27)28)15-21(14-19)37-17-23(35)32-6-3-4-7-32/h5,8,13-15H,1,3-4,6-7,9-12,16-17H2,2H3,(H,29,30). The summed E-state index contributed by atoms with van der Waals surface area (Å²) in [6, 6.07) is 4.98. The van der Waals surface area contributed by atoms with Gasteiger partial charge in [0.15, 0.2) is 12.4 Å². The van der Waals surface area contributed by atoms with Gasteiger partial charge in [-0.05, 0) is 43.5 Å². The molecule has 9 nitrogen and oxygen atoms in total. The van der Waals surface area contributed by atoms with Crippen molar-refractivity contribution in [2.75, 3.05) is 51.2 Å². The van der Waals surface area contributed by atoms with E-state index in [9.17, 15) is 22.8 Å². The van der Waals surface area contributed by atoms with Crippen LogP contribution in [0.4, 0.5) is 23.8 Å². The molecule has 2 aromatic rings. The number of amides is 2. The number of halogens is 3. The van der Waals surface area contributed by atoms with Crippen LogP contribution in [-0.4, -0.2) is 82.3 Å². The van der Waals surface area contributed by atoms with Crippen molar-refractivity contribution in [1.82, 2.24) is 24.5 Å². The largest absolute Gasteiger partial charge is 0.484 e. The maximum Gasteiger partial charge on any atom is 0.416 e. The first-order valence-electron chi connectivity index (χ1n) is 12.2. The second-order valence-corrected chi connectivity index (χ2v) is 9.34. The van der Waals surface area contributed by atoms with Crippen LogP contribution in [0, 0.1) is 0 Å². The zero-order chi connectivity index (χ0) is 26.6. The Bertz CT molecular complexity index is 1130. The minimum absolute atomic E-state index is 0.0176. The molecule has 1 aromatic heterocycles. The number of piperazine rings is 1. The van der Waals surface area contributed by atoms with Gasteiger partial charge in [0.2, 0.25) is 0 Å². The zero-order valence-corrected chi connectivity index (χ0v) is 20.8. The lowest BCUT2D eigenvalue weighted by Crippen LogP contribution is -2.49. The van der Waals surface area contributed by atoms with Crippen LogP contribution in [0.5, 0.6) is 5.75 Å². The summed E-state index contributed by atoms with van der Waals surface area (Å²) in [6.45, 7) is 8.60. The average Bonchev–Trinajstić information content (AvgIpc) is 3.54. The van der Waals surface area contributed by atoms with Gasteiger partial charge in [0.1, 0.15) is 5.75 Å². The molecule has 1 aromatic carbocycles. The number of likely N-dealkylation sites (tertiary alicyclic amines) is 1. The number of nitrogens with zero attached hydrogens (tertiary/aromatic N) is 5. The molecular formula is C25H31F3N6O3. The molecule has 3 heterocycles. The van der Waals surface area contributed by atoms with Crippen LogP contribution in [0.3, 0.4) is 0 Å². The van der Waals surface area contributed by atoms with Gasteiger partial charge in [-0.25, -0.2) is 4.79 Å². The smallest absolute Gasteiger partial charge is 0.416 e. The maximum absolute atomic E-state index is 13.5. The van der Waals surface area contributed by atoms with Crippen molar-refractivity contribution in [2.45, 2.75) is 32.5 Å². The highest BCUT2D eigenvalue weighted by Gasteiger charge is 2.32. The number of carbonyl (C=O) groups excluding carboxylic acids is 2. The fourth-order valence-electron chi connectivity index (χ4n) is 4.42. The minimum Gasteiger partial charge on any atom is -0.484 e. The summed E-state index contributed by atoms with van der Waals surface area (Å²) in [6.07, 6.45) is -1.13. The first-order chi connectivity index (χ1) is 17.6. The Morgan fingerprint density at radius 3 is 2.41 bits per heavy atom. The summed E-state index contributed by atoms with van der Waals surface area (Å²) in [5, 5.41) is 7.15. The Morgan fingerprint density at radius 2 is 1.76 bits per heavy atom. The van der Waals surface area contributed by atoms with Crippen molar-refractivity contribution in [1.29, 1.82) is 0 Å². The Hall–Kier alpha value is -3.54. The van der Waals surface area contributed by atoms with Gasteiger partial charge < -0.3 is 19.9 Å². The second-order valence-electron chi connectivity index (χ2n) is 9.34. The predicted molar refractivity (Wildman–Crippen MR) is 131 cm³/mol. The number of aromatic nitrogens is 2. The molecule has 1 N–H and O–H groups in total. The Labute approximate surface area is 213 Å². The van der Waals surface area contributed by atoms with E-state index in [2.05, 4.69) is 17.0 Å². The van der Waals surface area contributed by atoms with Gasteiger partial charge in [0.05, 0.1) is 5.56 Å². The molecule has 2 fully saturated rings. The van der Waals surface area contributed by atoms with Crippen LogP contribution in [-0.2, 0) is 17.5 Å². The van der Waals surface area contributed by atoms with Crippen LogP contribution in [0.2, 0.25) is 0 Å². The molecule has 2 aliphatic rings. The molecule has 0 unspecified atom stereocenters. The summed E-state index contributed by atoms with van der Waals surface area (Å²) < 4.78 is 47.4. The van der Waals surface area contributed by atoms with E-state index in [0.29, 0.717) is 56.3 Å². The van der Waals surface area contributed by atoms with E-state index in [1.54, 1.807) is 35.1 Å². The van der Waals surface area contributed by atoms with Crippen molar-refractivity contribution in [2.24, 2.45) is 0 Å². The van der Waals surface area contributed by atoms with E-state index in [1.807, 2.05) is 4.90 Å². The Morgan fingerprint density at radius 1 is 1.05 bits per heavy atom. The summed E-state index contributed by atoms with van der Waals surface area (Å²) >= 11 is 0. The van der Waals surface area contributed by atoms with Gasteiger partial charge in [-0.2, -0.15) is 17.9 Å². The highest BCUT2D eigenvalue weighted by molar-refractivity contribution is 5.78. The molecule has 2 amide bonds. The van der Waals surface area contributed by atoms with Crippen LogP contribution in [0.15, 0.2) is 42.7 Å². The van der Waals surface area contributed by atoms with Crippen LogP contribution in [0.25, 0.3) is 0 Å². The van der Waals surface area contributed by atoms with E-state index in [-0.39, 0.29) is 30.8 Å². The number of carbonyl (C=O) groups is 2. The molecule has 4 rings (SSSR count). The molecule has 200 valence electrons. The fourth-order valence-corrected chi connectivity index (χ4v) is 4.42. The van der Waals surface area contributed by atoms with Gasteiger partial charge in [-0.1, -0.05) is 6.58 Å². The molecule has 12 heteroatoms. The molecule has 2 aliphatic heterocycles. The van der Waals surface area contributed by atoms with Crippen molar-refractivity contribution >= 4 is 17.8 Å². The van der Waals surface area contributed by atoms with Crippen molar-refractivity contribution in [3.05, 3.63) is 53.9 Å². The quantitative estimate of drug-likeness (QED) is 0.601. The van der Waals surface area contributed by atoms with Crippen LogP contribution in [0.1, 0.15) is 30.9 Å². The summed E-state index contributed by atoms with van der Waals surface area (Å²) in [5.74, 6) is 0.310. The topological polar surface area (TPSA) is 82.9 Å². The highest BCUT2D eigenvalue weighted by Crippen LogP contribution is 2.33. The van der Waals surface area contributed by atoms with Gasteiger partial charge in [0.25, 0.3) is 5.91 Å². The first-order valence-corrected chi connectivity index (χ1v) is 12.2. The monoisotopic (exact) mass is 520 g/mol. The highest BCUT2D eigenvalue weighted by atomic mass is 19.4. The molecule has 0 saturated carbocycles. The van der Waals surface area contributed by atoms with E-state index in [0.717, 1.165) is 25.0 Å². The van der Waals surface area contributed by atoms with E-state index in [4.69, 9.17) is 4.74 Å². The van der Waals surface area contributed by atoms with E-state index >= 15 is 0 Å². The van der Waals surface area contributed by atoms with Gasteiger partial charge in [-0.15, -0.1) is 5.10 Å². The molecule has 0 spiro atoms. The second kappa shape index (κ2) is 11.2. The van der Waals surface area contributed by atoms with Crippen LogP contribution >= 0.6 is 0 Å². The summed E-state index contributed by atoms with van der Waals surface area (Å²) in [5.41, 5.74) is 0.314. The van der Waals surface area contributed by atoms with E-state index in [1.165, 1.54) is 4.68 Å². The number of rotatable bonds is 7. The van der Waals surface area contributed by atoms with Gasteiger partial charge in [0, 0.05) is 63.8 Å². The molecule has 37 heavy (non-hydrogen) atoms. The van der Waals surface area contributed by atoms with Crippen molar-refractivity contribution < 1.29 is 27.5 Å². The zero-order valence-electron chi connectivity index (χ0n) is 20.8. The number of benzene rings is 1. The lowest BCUT2D eigenvalue weighted by molar-refractivity contribution is -0.137. The molecule has 2 saturated heterocycles. The number of hydrogen-bond donors (Lipinski definition) is 1. The SMILES string of the molecule is C=C(C)Nc1ccn(C(=O)N2CCN(Cc3cc(OCC(=O)N4CCCC4)cc(C(F)(F)F)c3)CC2)n1. The first kappa shape index (κ1) is 26.5. The Balaban J connectivity index is 1.36. The van der Waals surface area contributed by atoms with Crippen molar-refractivity contribution in [3.63, 3.8) is 0 Å². The predicted octanol–water partition coefficient (Wildman–Crippen LogP) is 3.63. The van der Waals surface area contributed by atoms with Gasteiger partial charge in [-0.3, -0.25) is 9.69 Å². The normalized spacial score (nSPS) is 16.6. The van der Waals surface area contributed by atoms with Crippen molar-refractivity contribution in [3.8, 4) is 5.75 Å². The molecular weight excluding hydrogens is 489 g/mol. The lowest BCUT2D eigenvalue weighted by Gasteiger charge is -2.34. The number of nitrogens with one attached hydrogen (secondary N) is 1. The van der Waals surface area contributed by atoms with Crippen LogP contribution < -0.4 is 10.1 Å². The lowest BCUT2D eigenvalue weighted by atomic mass is 10.1. The number of alkyl halides is 3. The molecule has 0 atom stereocenters. The molecule has 0 bridgehead atoms. The molecule has 0 aliphatic carbocycles. The Kier molecular flexibility index (Phi) is 8.06. The maximum atomic E-state index is 13.5. The summed E-state index contributed by atoms with van der Waals surface area (Å²) in [7, 11) is 0. The molecule has 0 radical (unpaired) electrons. The number of anilines is 1. The third-order valence-electron chi connectivity index (χ3n) is 6.29. The number of ether oxygens (including phenoxy) is 1. The minimum atomic E-state index is -4.54.